The Hall–Kier alpha value is -4.82. The Morgan fingerprint density at radius 3 is 2.04 bits per heavy atom. The van der Waals surface area contributed by atoms with Crippen LogP contribution in [0, 0.1) is 13.8 Å². The van der Waals surface area contributed by atoms with Gasteiger partial charge in [-0.2, -0.15) is 0 Å². The van der Waals surface area contributed by atoms with E-state index in [0.29, 0.717) is 21.8 Å². The van der Waals surface area contributed by atoms with Crippen molar-refractivity contribution < 1.29 is 14.4 Å². The lowest BCUT2D eigenvalue weighted by atomic mass is 10.1. The lowest BCUT2D eigenvalue weighted by Gasteiger charge is -2.18. The van der Waals surface area contributed by atoms with Crippen molar-refractivity contribution >= 4 is 70.1 Å². The molecule has 5 aromatic carbocycles. The number of benzene rings is 5. The number of nitrogens with one attached hydrogen (secondary N) is 3. The van der Waals surface area contributed by atoms with Gasteiger partial charge in [0, 0.05) is 21.8 Å². The van der Waals surface area contributed by atoms with Gasteiger partial charge in [0.05, 0.1) is 10.0 Å². The molecule has 3 N–H and O–H groups in total. The molecule has 0 aliphatic carbocycles. The van der Waals surface area contributed by atoms with E-state index in [2.05, 4.69) is 16.0 Å². The second-order valence-electron chi connectivity index (χ2n) is 10.7. The molecule has 0 aliphatic heterocycles. The zero-order valence-electron chi connectivity index (χ0n) is 25.6. The van der Waals surface area contributed by atoms with Gasteiger partial charge in [0.15, 0.2) is 0 Å². The van der Waals surface area contributed by atoms with Crippen LogP contribution < -0.4 is 16.0 Å². The Bertz CT molecular complexity index is 1930. The number of thioether (sulfide) groups is 1. The molecule has 9 heteroatoms. The summed E-state index contributed by atoms with van der Waals surface area (Å²) in [5.41, 5.74) is 5.17. The smallest absolute Gasteiger partial charge is 0.272 e. The van der Waals surface area contributed by atoms with Crippen molar-refractivity contribution in [2.45, 2.75) is 24.0 Å². The summed E-state index contributed by atoms with van der Waals surface area (Å²) in [5.74, 6) is -1.16. The van der Waals surface area contributed by atoms with Crippen LogP contribution in [0.25, 0.3) is 6.08 Å². The molecule has 0 fully saturated rings. The molecule has 1 atom stereocenters. The first kappa shape index (κ1) is 33.5. The lowest BCUT2D eigenvalue weighted by Crippen LogP contribution is -2.30. The highest BCUT2D eigenvalue weighted by Crippen LogP contribution is 2.37. The van der Waals surface area contributed by atoms with Crippen molar-refractivity contribution in [3.8, 4) is 0 Å². The Balaban J connectivity index is 1.34. The van der Waals surface area contributed by atoms with Crippen LogP contribution in [0.2, 0.25) is 10.0 Å². The van der Waals surface area contributed by atoms with E-state index >= 15 is 0 Å². The Kier molecular flexibility index (Phi) is 11.2. The van der Waals surface area contributed by atoms with Crippen molar-refractivity contribution in [3.05, 3.63) is 165 Å². The standard InChI is InChI=1S/C38H31Cl2N3O3S/c1-24-16-17-30(22-25(24)2)42-38(46)35(26-10-5-3-6-11-26)47-31-20-18-29(19-21-31)41-37(45)33(23-28-14-9-15-32(39)34(28)40)43-36(44)27-12-7-4-8-13-27/h3-23,35H,1-2H3,(H,41,45)(H,42,46)(H,43,44)/b33-23-. The monoisotopic (exact) mass is 679 g/mol. The Morgan fingerprint density at radius 2 is 1.36 bits per heavy atom. The summed E-state index contributed by atoms with van der Waals surface area (Å²) in [6, 6.07) is 36.2. The molecule has 0 bridgehead atoms. The van der Waals surface area contributed by atoms with Crippen LogP contribution in [-0.4, -0.2) is 17.7 Å². The Morgan fingerprint density at radius 1 is 0.702 bits per heavy atom. The van der Waals surface area contributed by atoms with E-state index in [-0.39, 0.29) is 16.6 Å². The molecule has 0 heterocycles. The van der Waals surface area contributed by atoms with Gasteiger partial charge in [-0.05, 0) is 96.8 Å². The summed E-state index contributed by atoms with van der Waals surface area (Å²) in [6.45, 7) is 4.04. The minimum atomic E-state index is -0.555. The van der Waals surface area contributed by atoms with Crippen LogP contribution in [-0.2, 0) is 9.59 Å². The largest absolute Gasteiger partial charge is 0.325 e. The highest BCUT2D eigenvalue weighted by Gasteiger charge is 2.23. The SMILES string of the molecule is Cc1ccc(NC(=O)C(Sc2ccc(NC(=O)/C(=C/c3cccc(Cl)c3Cl)NC(=O)c3ccccc3)cc2)c2ccccc2)cc1C. The predicted molar refractivity (Wildman–Crippen MR) is 193 cm³/mol. The second-order valence-corrected chi connectivity index (χ2v) is 12.7. The summed E-state index contributed by atoms with van der Waals surface area (Å²) in [7, 11) is 0. The maximum Gasteiger partial charge on any atom is 0.272 e. The zero-order chi connectivity index (χ0) is 33.3. The van der Waals surface area contributed by atoms with Gasteiger partial charge in [-0.15, -0.1) is 11.8 Å². The third-order valence-electron chi connectivity index (χ3n) is 7.29. The van der Waals surface area contributed by atoms with Crippen LogP contribution >= 0.6 is 35.0 Å². The first-order valence-corrected chi connectivity index (χ1v) is 16.3. The van der Waals surface area contributed by atoms with E-state index in [1.54, 1.807) is 60.7 Å². The van der Waals surface area contributed by atoms with Crippen LogP contribution in [0.3, 0.4) is 0 Å². The number of amides is 3. The van der Waals surface area contributed by atoms with Gasteiger partial charge in [0.2, 0.25) is 5.91 Å². The van der Waals surface area contributed by atoms with Gasteiger partial charge >= 0.3 is 0 Å². The third kappa shape index (κ3) is 8.92. The van der Waals surface area contributed by atoms with E-state index in [1.807, 2.05) is 74.5 Å². The quantitative estimate of drug-likeness (QED) is 0.101. The molecule has 5 rings (SSSR count). The molecule has 5 aromatic rings. The van der Waals surface area contributed by atoms with Gasteiger partial charge in [-0.25, -0.2) is 0 Å². The lowest BCUT2D eigenvalue weighted by molar-refractivity contribution is -0.116. The average Bonchev–Trinajstić information content (AvgIpc) is 3.08. The number of halogens is 2. The van der Waals surface area contributed by atoms with Gasteiger partial charge in [-0.1, -0.05) is 89.9 Å². The summed E-state index contributed by atoms with van der Waals surface area (Å²) >= 11 is 14.0. The van der Waals surface area contributed by atoms with E-state index in [1.165, 1.54) is 17.8 Å². The van der Waals surface area contributed by atoms with E-state index < -0.39 is 17.1 Å². The number of carbonyl (C=O) groups is 3. The fraction of sp³-hybridized carbons (Fsp3) is 0.0789. The molecule has 0 saturated heterocycles. The Labute approximate surface area is 288 Å². The minimum Gasteiger partial charge on any atom is -0.325 e. The van der Waals surface area contributed by atoms with Gasteiger partial charge in [-0.3, -0.25) is 14.4 Å². The van der Waals surface area contributed by atoms with Crippen molar-refractivity contribution in [2.75, 3.05) is 10.6 Å². The molecule has 1 unspecified atom stereocenters. The molecule has 0 spiro atoms. The molecule has 0 aromatic heterocycles. The topological polar surface area (TPSA) is 87.3 Å². The molecular formula is C38H31Cl2N3O3S. The van der Waals surface area contributed by atoms with E-state index in [4.69, 9.17) is 23.2 Å². The number of carbonyl (C=O) groups excluding carboxylic acids is 3. The highest BCUT2D eigenvalue weighted by molar-refractivity contribution is 8.00. The second kappa shape index (κ2) is 15.6. The zero-order valence-corrected chi connectivity index (χ0v) is 27.9. The van der Waals surface area contributed by atoms with Gasteiger partial charge < -0.3 is 16.0 Å². The van der Waals surface area contributed by atoms with Crippen molar-refractivity contribution in [1.29, 1.82) is 0 Å². The number of aryl methyl sites for hydroxylation is 2. The summed E-state index contributed by atoms with van der Waals surface area (Å²) < 4.78 is 0. The number of hydrogen-bond acceptors (Lipinski definition) is 4. The van der Waals surface area contributed by atoms with Crippen LogP contribution in [0.5, 0.6) is 0 Å². The number of rotatable bonds is 10. The maximum absolute atomic E-state index is 13.5. The molecule has 47 heavy (non-hydrogen) atoms. The van der Waals surface area contributed by atoms with Crippen LogP contribution in [0.4, 0.5) is 11.4 Å². The van der Waals surface area contributed by atoms with Crippen molar-refractivity contribution in [1.82, 2.24) is 5.32 Å². The van der Waals surface area contributed by atoms with E-state index in [9.17, 15) is 14.4 Å². The molecule has 6 nitrogen and oxygen atoms in total. The van der Waals surface area contributed by atoms with E-state index in [0.717, 1.165) is 27.3 Å². The molecule has 0 aliphatic rings. The predicted octanol–water partition coefficient (Wildman–Crippen LogP) is 9.49. The fourth-order valence-electron chi connectivity index (χ4n) is 4.61. The fourth-order valence-corrected chi connectivity index (χ4v) is 6.00. The molecular weight excluding hydrogens is 649 g/mol. The summed E-state index contributed by atoms with van der Waals surface area (Å²) in [6.07, 6.45) is 1.48. The molecule has 3 amide bonds. The molecule has 236 valence electrons. The minimum absolute atomic E-state index is 0.0198. The van der Waals surface area contributed by atoms with Crippen molar-refractivity contribution in [3.63, 3.8) is 0 Å². The first-order chi connectivity index (χ1) is 22.7. The first-order valence-electron chi connectivity index (χ1n) is 14.7. The average molecular weight is 681 g/mol. The number of hydrogen-bond donors (Lipinski definition) is 3. The molecule has 0 radical (unpaired) electrons. The maximum atomic E-state index is 13.5. The summed E-state index contributed by atoms with van der Waals surface area (Å²) in [4.78, 5) is 40.9. The van der Waals surface area contributed by atoms with Gasteiger partial charge in [0.1, 0.15) is 10.9 Å². The van der Waals surface area contributed by atoms with Crippen molar-refractivity contribution in [2.24, 2.45) is 0 Å². The molecule has 0 saturated carbocycles. The van der Waals surface area contributed by atoms with Gasteiger partial charge in [0.25, 0.3) is 11.8 Å². The van der Waals surface area contributed by atoms with Crippen LogP contribution in [0.1, 0.15) is 37.9 Å². The third-order valence-corrected chi connectivity index (χ3v) is 9.39. The normalized spacial score (nSPS) is 11.8. The summed E-state index contributed by atoms with van der Waals surface area (Å²) in [5, 5.41) is 8.65. The number of anilines is 2. The highest BCUT2D eigenvalue weighted by atomic mass is 35.5. The van der Waals surface area contributed by atoms with Crippen LogP contribution in [0.15, 0.2) is 132 Å².